The van der Waals surface area contributed by atoms with E-state index < -0.39 is 0 Å². The predicted molar refractivity (Wildman–Crippen MR) is 132 cm³/mol. The topological polar surface area (TPSA) is 34.9 Å². The van der Waals surface area contributed by atoms with E-state index in [0.29, 0.717) is 16.8 Å². The fourth-order valence-corrected chi connectivity index (χ4v) is 4.06. The number of hydrogen-bond donors (Lipinski definition) is 0. The molecule has 0 spiro atoms. The minimum Gasteiger partial charge on any atom is -0.288 e. The number of nitrogens with zero attached hydrogens (tertiary/aromatic N) is 2. The van der Waals surface area contributed by atoms with Crippen LogP contribution in [0, 0.1) is 0 Å². The van der Waals surface area contributed by atoms with E-state index in [1.165, 1.54) is 0 Å². The van der Waals surface area contributed by atoms with Gasteiger partial charge in [-0.15, -0.1) is 0 Å². The predicted octanol–water partition coefficient (Wildman–Crippen LogP) is 7.20. The van der Waals surface area contributed by atoms with Crippen molar-refractivity contribution in [1.29, 1.82) is 0 Å². The van der Waals surface area contributed by atoms with E-state index in [1.54, 1.807) is 0 Å². The fraction of sp³-hybridized carbons (Fsp3) is 0. The fourth-order valence-electron chi connectivity index (χ4n) is 3.80. The van der Waals surface area contributed by atoms with Gasteiger partial charge in [-0.3, -0.25) is 4.79 Å². The van der Waals surface area contributed by atoms with Crippen LogP contribution in [0.15, 0.2) is 120 Å². The first-order valence-electron chi connectivity index (χ1n) is 10.3. The van der Waals surface area contributed by atoms with Crippen molar-refractivity contribution in [2.45, 2.75) is 0 Å². The van der Waals surface area contributed by atoms with Crippen molar-refractivity contribution in [1.82, 2.24) is 9.78 Å². The summed E-state index contributed by atoms with van der Waals surface area (Å²) in [6, 6.07) is 37.2. The molecule has 0 aliphatic heterocycles. The van der Waals surface area contributed by atoms with Gasteiger partial charge in [-0.1, -0.05) is 94.8 Å². The van der Waals surface area contributed by atoms with Gasteiger partial charge < -0.3 is 0 Å². The molecule has 4 heteroatoms. The molecule has 0 unspecified atom stereocenters. The van der Waals surface area contributed by atoms with Gasteiger partial charge in [0.1, 0.15) is 5.69 Å². The molecule has 0 saturated heterocycles. The zero-order valence-corrected chi connectivity index (χ0v) is 18.7. The lowest BCUT2D eigenvalue weighted by Crippen LogP contribution is -2.05. The molecule has 0 atom stereocenters. The quantitative estimate of drug-likeness (QED) is 0.250. The first kappa shape index (κ1) is 20.2. The number of hydrogen-bond acceptors (Lipinski definition) is 2. The summed E-state index contributed by atoms with van der Waals surface area (Å²) in [4.78, 5) is 13.9. The number of ketones is 1. The number of halogens is 1. The summed E-state index contributed by atoms with van der Waals surface area (Å²) in [6.45, 7) is 0. The van der Waals surface area contributed by atoms with Crippen molar-refractivity contribution in [2.75, 3.05) is 0 Å². The summed E-state index contributed by atoms with van der Waals surface area (Å²) < 4.78 is 2.81. The van der Waals surface area contributed by atoms with Crippen molar-refractivity contribution in [3.63, 3.8) is 0 Å². The lowest BCUT2D eigenvalue weighted by atomic mass is 9.95. The molecule has 0 bridgehead atoms. The number of carbonyl (C=O) groups excluding carboxylic acids is 1. The van der Waals surface area contributed by atoms with Gasteiger partial charge in [-0.05, 0) is 36.4 Å². The van der Waals surface area contributed by atoms with Gasteiger partial charge in [0.15, 0.2) is 5.78 Å². The highest BCUT2D eigenvalue weighted by Gasteiger charge is 2.27. The molecule has 0 radical (unpaired) electrons. The standard InChI is InChI=1S/C28H19BrN2O/c29-23-18-16-22(17-19-23)28(32)25-26(20-10-4-1-5-11-20)30-31(24-14-8-3-9-15-24)27(25)21-12-6-2-7-13-21/h1-19H. The van der Waals surface area contributed by atoms with Crippen LogP contribution in [0.3, 0.4) is 0 Å². The third-order valence-corrected chi connectivity index (χ3v) is 5.84. The Morgan fingerprint density at radius 1 is 0.656 bits per heavy atom. The number of rotatable bonds is 5. The summed E-state index contributed by atoms with van der Waals surface area (Å²) >= 11 is 3.46. The van der Waals surface area contributed by atoms with Gasteiger partial charge in [0.05, 0.1) is 16.9 Å². The van der Waals surface area contributed by atoms with Crippen molar-refractivity contribution in [2.24, 2.45) is 0 Å². The van der Waals surface area contributed by atoms with E-state index in [0.717, 1.165) is 27.0 Å². The summed E-state index contributed by atoms with van der Waals surface area (Å²) in [5.74, 6) is -0.0580. The molecule has 5 aromatic rings. The lowest BCUT2D eigenvalue weighted by Gasteiger charge is -2.10. The van der Waals surface area contributed by atoms with E-state index in [4.69, 9.17) is 5.10 Å². The Bertz CT molecular complexity index is 1360. The molecular formula is C28H19BrN2O. The van der Waals surface area contributed by atoms with E-state index in [-0.39, 0.29) is 5.78 Å². The Labute approximate surface area is 195 Å². The lowest BCUT2D eigenvalue weighted by molar-refractivity contribution is 0.104. The molecule has 4 aromatic carbocycles. The molecule has 0 amide bonds. The van der Waals surface area contributed by atoms with Gasteiger partial charge in [0, 0.05) is 21.2 Å². The molecule has 0 fully saturated rings. The molecule has 154 valence electrons. The largest absolute Gasteiger partial charge is 0.288 e. The maximum atomic E-state index is 13.9. The maximum absolute atomic E-state index is 13.9. The molecule has 0 aliphatic carbocycles. The second-order valence-corrected chi connectivity index (χ2v) is 8.30. The van der Waals surface area contributed by atoms with Crippen LogP contribution in [0.2, 0.25) is 0 Å². The smallest absolute Gasteiger partial charge is 0.197 e. The number of carbonyl (C=O) groups is 1. The van der Waals surface area contributed by atoms with Gasteiger partial charge in [-0.25, -0.2) is 4.68 Å². The van der Waals surface area contributed by atoms with Crippen LogP contribution in [0.1, 0.15) is 15.9 Å². The minimum absolute atomic E-state index is 0.0580. The average Bonchev–Trinajstić information content (AvgIpc) is 3.26. The van der Waals surface area contributed by atoms with E-state index in [2.05, 4.69) is 15.9 Å². The first-order valence-corrected chi connectivity index (χ1v) is 11.1. The van der Waals surface area contributed by atoms with E-state index in [1.807, 2.05) is 120 Å². The number of aromatic nitrogens is 2. The second kappa shape index (κ2) is 8.77. The van der Waals surface area contributed by atoms with Crippen molar-refractivity contribution in [3.8, 4) is 28.2 Å². The van der Waals surface area contributed by atoms with Crippen LogP contribution in [0.25, 0.3) is 28.2 Å². The molecule has 1 heterocycles. The summed E-state index contributed by atoms with van der Waals surface area (Å²) in [5, 5.41) is 4.98. The van der Waals surface area contributed by atoms with Crippen LogP contribution in [0.4, 0.5) is 0 Å². The van der Waals surface area contributed by atoms with Gasteiger partial charge in [0.2, 0.25) is 0 Å². The zero-order valence-electron chi connectivity index (χ0n) is 17.2. The highest BCUT2D eigenvalue weighted by Crippen LogP contribution is 2.36. The van der Waals surface area contributed by atoms with Crippen molar-refractivity contribution >= 4 is 21.7 Å². The number of benzene rings is 4. The molecule has 5 rings (SSSR count). The number of para-hydroxylation sites is 1. The van der Waals surface area contributed by atoms with E-state index in [9.17, 15) is 4.79 Å². The second-order valence-electron chi connectivity index (χ2n) is 7.39. The SMILES string of the molecule is O=C(c1ccc(Br)cc1)c1c(-c2ccccc2)nn(-c2ccccc2)c1-c1ccccc1. The summed E-state index contributed by atoms with van der Waals surface area (Å²) in [5.41, 5.74) is 5.40. The zero-order chi connectivity index (χ0) is 21.9. The van der Waals surface area contributed by atoms with Crippen LogP contribution < -0.4 is 0 Å². The van der Waals surface area contributed by atoms with Crippen LogP contribution in [0.5, 0.6) is 0 Å². The third-order valence-electron chi connectivity index (χ3n) is 5.31. The van der Waals surface area contributed by atoms with Crippen molar-refractivity contribution in [3.05, 3.63) is 131 Å². The van der Waals surface area contributed by atoms with Crippen LogP contribution in [-0.2, 0) is 0 Å². The monoisotopic (exact) mass is 478 g/mol. The van der Waals surface area contributed by atoms with Gasteiger partial charge >= 0.3 is 0 Å². The Balaban J connectivity index is 1.84. The first-order chi connectivity index (χ1) is 15.7. The Morgan fingerprint density at radius 3 is 1.78 bits per heavy atom. The molecule has 0 N–H and O–H groups in total. The minimum atomic E-state index is -0.0580. The van der Waals surface area contributed by atoms with Crippen molar-refractivity contribution < 1.29 is 4.79 Å². The Kier molecular flexibility index (Phi) is 5.53. The molecule has 3 nitrogen and oxygen atoms in total. The van der Waals surface area contributed by atoms with E-state index >= 15 is 0 Å². The van der Waals surface area contributed by atoms with Crippen LogP contribution >= 0.6 is 15.9 Å². The third kappa shape index (κ3) is 3.81. The van der Waals surface area contributed by atoms with Gasteiger partial charge in [-0.2, -0.15) is 5.10 Å². The normalized spacial score (nSPS) is 10.8. The highest BCUT2D eigenvalue weighted by atomic mass is 79.9. The molecule has 0 aliphatic rings. The maximum Gasteiger partial charge on any atom is 0.197 e. The average molecular weight is 479 g/mol. The highest BCUT2D eigenvalue weighted by molar-refractivity contribution is 9.10. The van der Waals surface area contributed by atoms with Gasteiger partial charge in [0.25, 0.3) is 0 Å². The summed E-state index contributed by atoms with van der Waals surface area (Å²) in [6.07, 6.45) is 0. The molecular weight excluding hydrogens is 460 g/mol. The Morgan fingerprint density at radius 2 is 1.19 bits per heavy atom. The molecule has 1 aromatic heterocycles. The molecule has 0 saturated carbocycles. The molecule has 32 heavy (non-hydrogen) atoms. The van der Waals surface area contributed by atoms with Crippen LogP contribution in [-0.4, -0.2) is 15.6 Å². The summed E-state index contributed by atoms with van der Waals surface area (Å²) in [7, 11) is 0. The Hall–Kier alpha value is -3.76.